The summed E-state index contributed by atoms with van der Waals surface area (Å²) >= 11 is 0. The zero-order valence-electron chi connectivity index (χ0n) is 15.6. The number of carbonyl (C=O) groups excluding carboxylic acids is 1. The summed E-state index contributed by atoms with van der Waals surface area (Å²) in [5.74, 6) is 0.980. The second kappa shape index (κ2) is 7.03. The molecule has 6 heteroatoms. The number of hydrogen-bond acceptors (Lipinski definition) is 6. The molecule has 3 aromatic rings. The summed E-state index contributed by atoms with van der Waals surface area (Å²) in [6, 6.07) is 10.3. The summed E-state index contributed by atoms with van der Waals surface area (Å²) in [5.41, 5.74) is 0.243. The number of rotatable bonds is 4. The Labute approximate surface area is 161 Å². The van der Waals surface area contributed by atoms with Gasteiger partial charge in [0.15, 0.2) is 0 Å². The van der Waals surface area contributed by atoms with Crippen LogP contribution in [0.3, 0.4) is 0 Å². The molecule has 0 unspecified atom stereocenters. The van der Waals surface area contributed by atoms with E-state index in [1.807, 2.05) is 26.0 Å². The molecule has 3 heterocycles. The molecule has 144 valence electrons. The number of benzene rings is 1. The number of ether oxygens (including phenoxy) is 2. The smallest absolute Gasteiger partial charge is 0.336 e. The largest absolute Gasteiger partial charge is 0.484 e. The highest BCUT2D eigenvalue weighted by Gasteiger charge is 2.39. The lowest BCUT2D eigenvalue weighted by atomic mass is 9.90. The molecule has 6 nitrogen and oxygen atoms in total. The Kier molecular flexibility index (Phi) is 4.55. The van der Waals surface area contributed by atoms with Crippen LogP contribution in [0.25, 0.3) is 11.0 Å². The van der Waals surface area contributed by atoms with E-state index >= 15 is 0 Å². The van der Waals surface area contributed by atoms with Gasteiger partial charge in [-0.3, -0.25) is 0 Å². The minimum Gasteiger partial charge on any atom is -0.484 e. The maximum absolute atomic E-state index is 12.2. The molecule has 0 saturated heterocycles. The van der Waals surface area contributed by atoms with Gasteiger partial charge in [-0.2, -0.15) is 0 Å². The molecular weight excluding hydrogens is 360 g/mol. The molecule has 0 fully saturated rings. The van der Waals surface area contributed by atoms with Crippen LogP contribution in [0.4, 0.5) is 0 Å². The summed E-state index contributed by atoms with van der Waals surface area (Å²) in [4.78, 5) is 23.7. The average Bonchev–Trinajstić information content (AvgIpc) is 3.14. The van der Waals surface area contributed by atoms with E-state index in [2.05, 4.69) is 0 Å². The second-order valence-electron chi connectivity index (χ2n) is 7.27. The van der Waals surface area contributed by atoms with Gasteiger partial charge >= 0.3 is 11.6 Å². The van der Waals surface area contributed by atoms with E-state index in [-0.39, 0.29) is 0 Å². The van der Waals surface area contributed by atoms with Crippen LogP contribution >= 0.6 is 0 Å². The van der Waals surface area contributed by atoms with Crippen molar-refractivity contribution in [2.75, 3.05) is 0 Å². The first-order valence-electron chi connectivity index (χ1n) is 9.06. The molecule has 0 amide bonds. The van der Waals surface area contributed by atoms with Crippen molar-refractivity contribution in [3.63, 3.8) is 0 Å². The average molecular weight is 380 g/mol. The first kappa shape index (κ1) is 18.1. The number of furan rings is 1. The maximum Gasteiger partial charge on any atom is 0.336 e. The minimum absolute atomic E-state index is 0.407. The van der Waals surface area contributed by atoms with Gasteiger partial charge in [0, 0.05) is 36.4 Å². The molecule has 0 saturated carbocycles. The molecule has 4 rings (SSSR count). The Balaban J connectivity index is 1.51. The lowest BCUT2D eigenvalue weighted by Gasteiger charge is -2.39. The Morgan fingerprint density at radius 1 is 1.29 bits per heavy atom. The lowest BCUT2D eigenvalue weighted by Crippen LogP contribution is -2.48. The number of allylic oxidation sites excluding steroid dienone is 1. The van der Waals surface area contributed by atoms with Gasteiger partial charge in [-0.15, -0.1) is 0 Å². The van der Waals surface area contributed by atoms with Crippen LogP contribution < -0.4 is 10.4 Å². The molecule has 0 spiro atoms. The zero-order valence-corrected chi connectivity index (χ0v) is 15.6. The zero-order chi connectivity index (χ0) is 19.7. The van der Waals surface area contributed by atoms with E-state index in [0.717, 1.165) is 16.7 Å². The Morgan fingerprint density at radius 2 is 2.14 bits per heavy atom. The molecule has 0 radical (unpaired) electrons. The SMILES string of the molecule is CC1(C)Oc2cc3oc(=O)ccc3cc2C[C@@H]1OC(=O)/C=C/Cc1ccco1. The van der Waals surface area contributed by atoms with Gasteiger partial charge in [-0.05, 0) is 43.7 Å². The molecule has 1 atom stereocenters. The fourth-order valence-corrected chi connectivity index (χ4v) is 3.26. The molecule has 0 N–H and O–H groups in total. The third-order valence-corrected chi connectivity index (χ3v) is 4.77. The van der Waals surface area contributed by atoms with Crippen LogP contribution in [0.15, 0.2) is 68.4 Å². The second-order valence-corrected chi connectivity index (χ2v) is 7.27. The normalized spacial score (nSPS) is 18.0. The summed E-state index contributed by atoms with van der Waals surface area (Å²) in [5, 5.41) is 0.796. The summed E-state index contributed by atoms with van der Waals surface area (Å²) in [6.45, 7) is 3.73. The topological polar surface area (TPSA) is 78.9 Å². The molecule has 28 heavy (non-hydrogen) atoms. The first-order valence-corrected chi connectivity index (χ1v) is 9.06. The van der Waals surface area contributed by atoms with Crippen molar-refractivity contribution in [2.45, 2.75) is 38.4 Å². The first-order chi connectivity index (χ1) is 13.4. The molecule has 1 aliphatic heterocycles. The Bertz CT molecular complexity index is 1090. The third-order valence-electron chi connectivity index (χ3n) is 4.77. The van der Waals surface area contributed by atoms with Gasteiger partial charge in [-0.25, -0.2) is 9.59 Å². The Hall–Kier alpha value is -3.28. The van der Waals surface area contributed by atoms with E-state index in [4.69, 9.17) is 18.3 Å². The molecular formula is C22H20O6. The molecule has 1 aliphatic rings. The van der Waals surface area contributed by atoms with Crippen molar-refractivity contribution in [3.05, 3.63) is 76.6 Å². The predicted molar refractivity (Wildman–Crippen MR) is 102 cm³/mol. The third kappa shape index (κ3) is 3.71. The van der Waals surface area contributed by atoms with Crippen molar-refractivity contribution >= 4 is 16.9 Å². The maximum atomic E-state index is 12.2. The quantitative estimate of drug-likeness (QED) is 0.389. The van der Waals surface area contributed by atoms with E-state index in [9.17, 15) is 9.59 Å². The summed E-state index contributed by atoms with van der Waals surface area (Å²) in [6.07, 6.45) is 5.29. The summed E-state index contributed by atoms with van der Waals surface area (Å²) in [7, 11) is 0. The highest BCUT2D eigenvalue weighted by molar-refractivity contribution is 5.82. The van der Waals surface area contributed by atoms with Crippen molar-refractivity contribution in [3.8, 4) is 5.75 Å². The molecule has 1 aromatic carbocycles. The van der Waals surface area contributed by atoms with Crippen molar-refractivity contribution in [1.29, 1.82) is 0 Å². The fraction of sp³-hybridized carbons (Fsp3) is 0.273. The van der Waals surface area contributed by atoms with Crippen LogP contribution in [0.1, 0.15) is 25.2 Å². The van der Waals surface area contributed by atoms with Gasteiger partial charge in [0.05, 0.1) is 6.26 Å². The van der Waals surface area contributed by atoms with Gasteiger partial charge in [0.1, 0.15) is 28.8 Å². The predicted octanol–water partition coefficient (Wildman–Crippen LogP) is 3.81. The van der Waals surface area contributed by atoms with Crippen LogP contribution in [0.5, 0.6) is 5.75 Å². The van der Waals surface area contributed by atoms with E-state index in [1.54, 1.807) is 30.5 Å². The van der Waals surface area contributed by atoms with Crippen molar-refractivity contribution < 1.29 is 23.1 Å². The van der Waals surface area contributed by atoms with Crippen LogP contribution in [-0.4, -0.2) is 17.7 Å². The summed E-state index contributed by atoms with van der Waals surface area (Å²) < 4.78 is 22.2. The molecule has 0 aliphatic carbocycles. The van der Waals surface area contributed by atoms with E-state index in [0.29, 0.717) is 24.2 Å². The monoisotopic (exact) mass is 380 g/mol. The van der Waals surface area contributed by atoms with Gasteiger partial charge in [0.25, 0.3) is 0 Å². The van der Waals surface area contributed by atoms with Crippen LogP contribution in [0.2, 0.25) is 0 Å². The number of carbonyl (C=O) groups is 1. The van der Waals surface area contributed by atoms with Gasteiger partial charge in [-0.1, -0.05) is 6.08 Å². The lowest BCUT2D eigenvalue weighted by molar-refractivity contribution is -0.155. The number of esters is 1. The van der Waals surface area contributed by atoms with Crippen LogP contribution in [-0.2, 0) is 22.4 Å². The number of fused-ring (bicyclic) bond motifs is 2. The minimum atomic E-state index is -0.722. The molecule has 0 bridgehead atoms. The van der Waals surface area contributed by atoms with Gasteiger partial charge in [0.2, 0.25) is 0 Å². The number of hydrogen-bond donors (Lipinski definition) is 0. The standard InChI is InChI=1S/C22H20O6/c1-22(2)19(27-20(23)7-3-5-16-6-4-10-25-16)12-15-11-14-8-9-21(24)26-17(14)13-18(15)28-22/h3-4,6-11,13,19H,5,12H2,1-2H3/b7-3+/t19-/m0/s1. The van der Waals surface area contributed by atoms with E-state index < -0.39 is 23.3 Å². The van der Waals surface area contributed by atoms with E-state index in [1.165, 1.54) is 12.1 Å². The van der Waals surface area contributed by atoms with Crippen molar-refractivity contribution in [2.24, 2.45) is 0 Å². The molecule has 2 aromatic heterocycles. The van der Waals surface area contributed by atoms with Gasteiger partial charge < -0.3 is 18.3 Å². The van der Waals surface area contributed by atoms with Crippen LogP contribution in [0, 0.1) is 0 Å². The fourth-order valence-electron chi connectivity index (χ4n) is 3.26. The Morgan fingerprint density at radius 3 is 2.93 bits per heavy atom. The highest BCUT2D eigenvalue weighted by Crippen LogP contribution is 2.37. The highest BCUT2D eigenvalue weighted by atomic mass is 16.6. The van der Waals surface area contributed by atoms with Crippen molar-refractivity contribution in [1.82, 2.24) is 0 Å².